The molecule has 0 saturated heterocycles. The van der Waals surface area contributed by atoms with Gasteiger partial charge in [0, 0.05) is 18.0 Å². The first-order valence-corrected chi connectivity index (χ1v) is 7.74. The molecule has 3 aromatic rings. The molecular formula is C16H16BrN3O2. The third-order valence-corrected chi connectivity index (χ3v) is 4.49. The monoisotopic (exact) mass is 361 g/mol. The second-order valence-corrected chi connectivity index (χ2v) is 6.05. The summed E-state index contributed by atoms with van der Waals surface area (Å²) in [5.41, 5.74) is 2.43. The van der Waals surface area contributed by atoms with Gasteiger partial charge in [-0.15, -0.1) is 0 Å². The first-order chi connectivity index (χ1) is 10.5. The average Bonchev–Trinajstić information content (AvgIpc) is 2.85. The van der Waals surface area contributed by atoms with Gasteiger partial charge in [0.1, 0.15) is 15.8 Å². The fourth-order valence-electron chi connectivity index (χ4n) is 2.52. The van der Waals surface area contributed by atoms with E-state index in [2.05, 4.69) is 26.3 Å². The van der Waals surface area contributed by atoms with E-state index in [-0.39, 0.29) is 11.6 Å². The van der Waals surface area contributed by atoms with Gasteiger partial charge in [-0.3, -0.25) is 4.79 Å². The Labute approximate surface area is 136 Å². The summed E-state index contributed by atoms with van der Waals surface area (Å²) in [7, 11) is 1.61. The molecule has 3 rings (SSSR count). The van der Waals surface area contributed by atoms with Crippen LogP contribution in [0.15, 0.2) is 44.1 Å². The lowest BCUT2D eigenvalue weighted by Crippen LogP contribution is -2.22. The number of aromatic nitrogens is 2. The van der Waals surface area contributed by atoms with Crippen LogP contribution in [0, 0.1) is 6.92 Å². The van der Waals surface area contributed by atoms with Gasteiger partial charge in [-0.2, -0.15) is 5.10 Å². The van der Waals surface area contributed by atoms with Crippen LogP contribution in [0.1, 0.15) is 24.3 Å². The van der Waals surface area contributed by atoms with Crippen molar-refractivity contribution in [2.24, 2.45) is 7.05 Å². The number of nitrogens with zero attached hydrogens (tertiary/aromatic N) is 2. The number of benzene rings is 1. The van der Waals surface area contributed by atoms with E-state index in [4.69, 9.17) is 4.42 Å². The summed E-state index contributed by atoms with van der Waals surface area (Å²) in [5.74, 6) is 0.855. The number of rotatable bonds is 3. The van der Waals surface area contributed by atoms with Crippen LogP contribution >= 0.6 is 15.9 Å². The molecule has 0 saturated carbocycles. The van der Waals surface area contributed by atoms with Gasteiger partial charge in [0.2, 0.25) is 0 Å². The Kier molecular flexibility index (Phi) is 3.78. The maximum atomic E-state index is 11.9. The Bertz CT molecular complexity index is 898. The van der Waals surface area contributed by atoms with E-state index >= 15 is 0 Å². The van der Waals surface area contributed by atoms with Gasteiger partial charge in [0.25, 0.3) is 5.56 Å². The molecule has 1 N–H and O–H groups in total. The summed E-state index contributed by atoms with van der Waals surface area (Å²) in [4.78, 5) is 11.9. The van der Waals surface area contributed by atoms with Crippen LogP contribution in [-0.4, -0.2) is 9.78 Å². The molecule has 0 fully saturated rings. The second-order valence-electron chi connectivity index (χ2n) is 5.25. The summed E-state index contributed by atoms with van der Waals surface area (Å²) >= 11 is 3.32. The topological polar surface area (TPSA) is 60.1 Å². The van der Waals surface area contributed by atoms with Crippen molar-refractivity contribution in [1.82, 2.24) is 9.78 Å². The highest BCUT2D eigenvalue weighted by Gasteiger charge is 2.18. The number of aryl methyl sites for hydroxylation is 2. The summed E-state index contributed by atoms with van der Waals surface area (Å²) in [6.07, 6.45) is 1.62. The quantitative estimate of drug-likeness (QED) is 0.771. The lowest BCUT2D eigenvalue weighted by molar-refractivity contribution is 0.522. The molecule has 0 spiro atoms. The van der Waals surface area contributed by atoms with Gasteiger partial charge in [0.15, 0.2) is 0 Å². The Hall–Kier alpha value is -2.08. The van der Waals surface area contributed by atoms with Crippen LogP contribution in [0.25, 0.3) is 11.0 Å². The highest BCUT2D eigenvalue weighted by Crippen LogP contribution is 2.31. The highest BCUT2D eigenvalue weighted by molar-refractivity contribution is 9.10. The lowest BCUT2D eigenvalue weighted by atomic mass is 10.1. The molecule has 114 valence electrons. The van der Waals surface area contributed by atoms with Crippen LogP contribution < -0.4 is 10.9 Å². The van der Waals surface area contributed by atoms with Crippen LogP contribution in [0.4, 0.5) is 5.69 Å². The van der Waals surface area contributed by atoms with Crippen molar-refractivity contribution in [3.8, 4) is 0 Å². The molecule has 0 aliphatic carbocycles. The van der Waals surface area contributed by atoms with Gasteiger partial charge >= 0.3 is 0 Å². The van der Waals surface area contributed by atoms with E-state index in [1.165, 1.54) is 4.68 Å². The summed E-state index contributed by atoms with van der Waals surface area (Å²) in [6.45, 7) is 4.03. The van der Waals surface area contributed by atoms with Crippen molar-refractivity contribution in [1.29, 1.82) is 0 Å². The summed E-state index contributed by atoms with van der Waals surface area (Å²) in [6, 6.07) is 7.86. The predicted octanol–water partition coefficient (Wildman–Crippen LogP) is 3.77. The normalized spacial score (nSPS) is 12.5. The maximum absolute atomic E-state index is 11.9. The number of anilines is 1. The number of para-hydroxylation sites is 1. The summed E-state index contributed by atoms with van der Waals surface area (Å²) < 4.78 is 7.69. The molecule has 22 heavy (non-hydrogen) atoms. The van der Waals surface area contributed by atoms with E-state index in [1.54, 1.807) is 13.2 Å². The molecule has 6 heteroatoms. The molecule has 1 aromatic carbocycles. The molecular weight excluding hydrogens is 346 g/mol. The van der Waals surface area contributed by atoms with Crippen molar-refractivity contribution in [3.63, 3.8) is 0 Å². The fourth-order valence-corrected chi connectivity index (χ4v) is 2.99. The van der Waals surface area contributed by atoms with Gasteiger partial charge < -0.3 is 9.73 Å². The van der Waals surface area contributed by atoms with E-state index in [9.17, 15) is 4.79 Å². The third-order valence-electron chi connectivity index (χ3n) is 3.72. The zero-order valence-corrected chi connectivity index (χ0v) is 14.1. The van der Waals surface area contributed by atoms with Crippen molar-refractivity contribution in [3.05, 3.63) is 56.6 Å². The molecule has 0 amide bonds. The number of hydrogen-bond acceptors (Lipinski definition) is 4. The van der Waals surface area contributed by atoms with Crippen molar-refractivity contribution >= 4 is 32.6 Å². The minimum Gasteiger partial charge on any atom is -0.459 e. The standard InChI is InChI=1S/C16H16BrN3O2/c1-9-11-6-4-5-7-13(11)22-15(9)10(2)19-12-8-18-20(3)16(21)14(12)17/h4-8,10,19H,1-3H3. The largest absolute Gasteiger partial charge is 0.459 e. The number of hydrogen-bond donors (Lipinski definition) is 1. The van der Waals surface area contributed by atoms with Gasteiger partial charge in [-0.25, -0.2) is 4.68 Å². The van der Waals surface area contributed by atoms with Crippen LogP contribution in [-0.2, 0) is 7.05 Å². The number of nitrogens with one attached hydrogen (secondary N) is 1. The van der Waals surface area contributed by atoms with E-state index < -0.39 is 0 Å². The lowest BCUT2D eigenvalue weighted by Gasteiger charge is -2.15. The minimum atomic E-state index is -0.182. The van der Waals surface area contributed by atoms with Crippen LogP contribution in [0.5, 0.6) is 0 Å². The predicted molar refractivity (Wildman–Crippen MR) is 90.2 cm³/mol. The molecule has 2 aromatic heterocycles. The molecule has 0 aliphatic heterocycles. The minimum absolute atomic E-state index is 0.0855. The Morgan fingerprint density at radius 1 is 1.36 bits per heavy atom. The number of halogens is 1. The Morgan fingerprint density at radius 3 is 2.82 bits per heavy atom. The molecule has 2 heterocycles. The molecule has 5 nitrogen and oxygen atoms in total. The first kappa shape index (κ1) is 14.8. The molecule has 0 bridgehead atoms. The SMILES string of the molecule is Cc1c(C(C)Nc2cnn(C)c(=O)c2Br)oc2ccccc12. The molecule has 1 unspecified atom stereocenters. The Balaban J connectivity index is 1.97. The fraction of sp³-hybridized carbons (Fsp3) is 0.250. The van der Waals surface area contributed by atoms with E-state index in [0.29, 0.717) is 10.2 Å². The van der Waals surface area contributed by atoms with Gasteiger partial charge in [0.05, 0.1) is 17.9 Å². The van der Waals surface area contributed by atoms with Gasteiger partial charge in [-0.05, 0) is 35.8 Å². The zero-order valence-electron chi connectivity index (χ0n) is 12.6. The third kappa shape index (κ3) is 2.43. The first-order valence-electron chi connectivity index (χ1n) is 6.95. The van der Waals surface area contributed by atoms with Crippen LogP contribution in [0.3, 0.4) is 0 Å². The smallest absolute Gasteiger partial charge is 0.282 e. The number of furan rings is 1. The highest BCUT2D eigenvalue weighted by atomic mass is 79.9. The second kappa shape index (κ2) is 5.61. The Morgan fingerprint density at radius 2 is 2.09 bits per heavy atom. The van der Waals surface area contributed by atoms with Gasteiger partial charge in [-0.1, -0.05) is 18.2 Å². The average molecular weight is 362 g/mol. The van der Waals surface area contributed by atoms with Crippen molar-refractivity contribution in [2.75, 3.05) is 5.32 Å². The number of fused-ring (bicyclic) bond motifs is 1. The van der Waals surface area contributed by atoms with Crippen molar-refractivity contribution in [2.45, 2.75) is 19.9 Å². The molecule has 0 aliphatic rings. The summed E-state index contributed by atoms with van der Waals surface area (Å²) in [5, 5.41) is 8.42. The van der Waals surface area contributed by atoms with Crippen LogP contribution in [0.2, 0.25) is 0 Å². The zero-order chi connectivity index (χ0) is 15.9. The van der Waals surface area contributed by atoms with E-state index in [1.807, 2.05) is 38.1 Å². The molecule has 1 atom stereocenters. The maximum Gasteiger partial charge on any atom is 0.282 e. The van der Waals surface area contributed by atoms with Crippen molar-refractivity contribution < 1.29 is 4.42 Å². The molecule has 0 radical (unpaired) electrons. The van der Waals surface area contributed by atoms with E-state index in [0.717, 1.165) is 22.3 Å².